The molecule has 1 aliphatic rings. The largest absolute Gasteiger partial charge is 0.351 e. The third kappa shape index (κ3) is 7.82. The SMILES string of the molecule is C=CC(=O)NC[C@@H](NC(=O)C(/C=N/C(=O)CC)Cc1nc2ccc(C(C)C)cc2s1)C1CCCCC1. The van der Waals surface area contributed by atoms with Crippen molar-refractivity contribution in [1.82, 2.24) is 15.6 Å². The maximum atomic E-state index is 13.5. The maximum absolute atomic E-state index is 13.5. The van der Waals surface area contributed by atoms with Crippen molar-refractivity contribution in [2.24, 2.45) is 16.8 Å². The van der Waals surface area contributed by atoms with E-state index >= 15 is 0 Å². The lowest BCUT2D eigenvalue weighted by Gasteiger charge is -2.31. The minimum Gasteiger partial charge on any atom is -0.351 e. The molecule has 0 bridgehead atoms. The number of aromatic nitrogens is 1. The minimum atomic E-state index is -0.633. The Bertz CT molecular complexity index is 1100. The highest BCUT2D eigenvalue weighted by Crippen LogP contribution is 2.29. The fraction of sp³-hybridized carbons (Fsp3) is 0.536. The van der Waals surface area contributed by atoms with E-state index in [0.29, 0.717) is 24.8 Å². The van der Waals surface area contributed by atoms with Gasteiger partial charge >= 0.3 is 0 Å². The van der Waals surface area contributed by atoms with Gasteiger partial charge in [0.25, 0.3) is 0 Å². The molecule has 1 fully saturated rings. The van der Waals surface area contributed by atoms with Gasteiger partial charge in [0.2, 0.25) is 17.7 Å². The minimum absolute atomic E-state index is 0.191. The third-order valence-corrected chi connectivity index (χ3v) is 7.82. The number of benzene rings is 1. The molecular weight excluding hydrogens is 472 g/mol. The number of carbonyl (C=O) groups is 3. The molecule has 2 N–H and O–H groups in total. The van der Waals surface area contributed by atoms with Gasteiger partial charge in [-0.1, -0.05) is 52.7 Å². The van der Waals surface area contributed by atoms with Gasteiger partial charge in [-0.25, -0.2) is 9.98 Å². The normalized spacial score (nSPS) is 16.2. The molecule has 2 aromatic rings. The molecule has 0 aliphatic heterocycles. The molecule has 8 heteroatoms. The van der Waals surface area contributed by atoms with E-state index in [-0.39, 0.29) is 30.2 Å². The second-order valence-corrected chi connectivity index (χ2v) is 10.9. The standard InChI is InChI=1S/C28H38N4O3S/c1-5-25(33)29-16-21(15-27-31-22-13-12-20(18(3)4)14-24(22)36-27)28(35)32-23(17-30-26(34)6-2)19-10-8-7-9-11-19/h6,12-14,16,18-19,21,23H,2,5,7-11,15,17H2,1,3-4H3,(H,30,34)(H,32,35)/b29-16+/t21?,23-/m1/s1. The molecule has 7 nitrogen and oxygen atoms in total. The van der Waals surface area contributed by atoms with Gasteiger partial charge in [-0.3, -0.25) is 14.4 Å². The van der Waals surface area contributed by atoms with Crippen molar-refractivity contribution in [3.8, 4) is 0 Å². The second-order valence-electron chi connectivity index (χ2n) is 9.79. The number of rotatable bonds is 11. The molecule has 0 saturated heterocycles. The summed E-state index contributed by atoms with van der Waals surface area (Å²) in [5, 5.41) is 6.85. The molecular formula is C28H38N4O3S. The maximum Gasteiger partial charge on any atom is 0.245 e. The van der Waals surface area contributed by atoms with Crippen molar-refractivity contribution in [2.75, 3.05) is 6.54 Å². The van der Waals surface area contributed by atoms with Gasteiger partial charge in [0.05, 0.1) is 21.1 Å². The van der Waals surface area contributed by atoms with Crippen LogP contribution in [0.3, 0.4) is 0 Å². The first-order valence-corrected chi connectivity index (χ1v) is 13.8. The zero-order chi connectivity index (χ0) is 26.1. The average Bonchev–Trinajstić information content (AvgIpc) is 3.30. The van der Waals surface area contributed by atoms with Crippen LogP contribution in [0, 0.1) is 11.8 Å². The second kappa shape index (κ2) is 13.4. The summed E-state index contributed by atoms with van der Waals surface area (Å²) in [7, 11) is 0. The summed E-state index contributed by atoms with van der Waals surface area (Å²) in [6.45, 7) is 9.92. The summed E-state index contributed by atoms with van der Waals surface area (Å²) in [5.41, 5.74) is 2.16. The van der Waals surface area contributed by atoms with Crippen LogP contribution in [0.15, 0.2) is 35.8 Å². The Kier molecular flexibility index (Phi) is 10.3. The fourth-order valence-electron chi connectivity index (χ4n) is 4.55. The van der Waals surface area contributed by atoms with E-state index < -0.39 is 5.92 Å². The van der Waals surface area contributed by atoms with Crippen LogP contribution in [-0.4, -0.2) is 41.5 Å². The van der Waals surface area contributed by atoms with E-state index in [2.05, 4.69) is 48.2 Å². The number of aliphatic imine (C=N–C) groups is 1. The molecule has 1 aromatic heterocycles. The summed E-state index contributed by atoms with van der Waals surface area (Å²) < 4.78 is 1.09. The van der Waals surface area contributed by atoms with Gasteiger partial charge in [-0.2, -0.15) is 0 Å². The Labute approximate surface area is 217 Å². The molecule has 3 rings (SSSR count). The van der Waals surface area contributed by atoms with Crippen molar-refractivity contribution < 1.29 is 14.4 Å². The van der Waals surface area contributed by atoms with Crippen LogP contribution in [0.2, 0.25) is 0 Å². The van der Waals surface area contributed by atoms with Gasteiger partial charge in [-0.15, -0.1) is 11.3 Å². The summed E-state index contributed by atoms with van der Waals surface area (Å²) >= 11 is 1.57. The first-order valence-electron chi connectivity index (χ1n) is 13.0. The lowest BCUT2D eigenvalue weighted by molar-refractivity contribution is -0.124. The Morgan fingerprint density at radius 3 is 2.64 bits per heavy atom. The van der Waals surface area contributed by atoms with Crippen molar-refractivity contribution in [3.05, 3.63) is 41.4 Å². The molecule has 2 atom stereocenters. The van der Waals surface area contributed by atoms with Gasteiger partial charge in [0, 0.05) is 31.6 Å². The van der Waals surface area contributed by atoms with Crippen LogP contribution < -0.4 is 10.6 Å². The number of hydrogen-bond donors (Lipinski definition) is 2. The smallest absolute Gasteiger partial charge is 0.245 e. The number of thiazole rings is 1. The van der Waals surface area contributed by atoms with Crippen molar-refractivity contribution in [3.63, 3.8) is 0 Å². The predicted molar refractivity (Wildman–Crippen MR) is 146 cm³/mol. The number of nitrogens with one attached hydrogen (secondary N) is 2. The molecule has 0 radical (unpaired) electrons. The number of carbonyl (C=O) groups excluding carboxylic acids is 3. The van der Waals surface area contributed by atoms with Crippen LogP contribution in [0.25, 0.3) is 10.2 Å². The van der Waals surface area contributed by atoms with Crippen LogP contribution in [-0.2, 0) is 20.8 Å². The summed E-state index contributed by atoms with van der Waals surface area (Å²) in [5.74, 6) is -0.642. The third-order valence-electron chi connectivity index (χ3n) is 6.78. The molecule has 194 valence electrons. The van der Waals surface area contributed by atoms with Crippen molar-refractivity contribution in [2.45, 2.75) is 77.7 Å². The molecule has 1 unspecified atom stereocenters. The van der Waals surface area contributed by atoms with Gasteiger partial charge in [0.15, 0.2) is 0 Å². The summed E-state index contributed by atoms with van der Waals surface area (Å²) in [6.07, 6.45) is 8.80. The quantitative estimate of drug-likeness (QED) is 0.330. The lowest BCUT2D eigenvalue weighted by Crippen LogP contribution is -2.50. The van der Waals surface area contributed by atoms with E-state index in [1.165, 1.54) is 24.3 Å². The average molecular weight is 511 g/mol. The van der Waals surface area contributed by atoms with E-state index in [0.717, 1.165) is 40.9 Å². The van der Waals surface area contributed by atoms with Crippen LogP contribution in [0.4, 0.5) is 0 Å². The van der Waals surface area contributed by atoms with E-state index in [4.69, 9.17) is 4.98 Å². The first-order chi connectivity index (χ1) is 17.3. The van der Waals surface area contributed by atoms with Gasteiger partial charge in [-0.05, 0) is 48.4 Å². The Morgan fingerprint density at radius 2 is 1.97 bits per heavy atom. The molecule has 36 heavy (non-hydrogen) atoms. The summed E-state index contributed by atoms with van der Waals surface area (Å²) in [4.78, 5) is 46.0. The van der Waals surface area contributed by atoms with Gasteiger partial charge in [0.1, 0.15) is 0 Å². The zero-order valence-corrected chi connectivity index (χ0v) is 22.4. The highest BCUT2D eigenvalue weighted by Gasteiger charge is 2.28. The zero-order valence-electron chi connectivity index (χ0n) is 21.6. The number of amides is 3. The molecule has 1 heterocycles. The molecule has 3 amide bonds. The number of fused-ring (bicyclic) bond motifs is 1. The topological polar surface area (TPSA) is 101 Å². The van der Waals surface area contributed by atoms with Crippen molar-refractivity contribution in [1.29, 1.82) is 0 Å². The van der Waals surface area contributed by atoms with Crippen molar-refractivity contribution >= 4 is 45.5 Å². The number of hydrogen-bond acceptors (Lipinski definition) is 5. The predicted octanol–water partition coefficient (Wildman–Crippen LogP) is 4.95. The van der Waals surface area contributed by atoms with Crippen LogP contribution >= 0.6 is 11.3 Å². The monoisotopic (exact) mass is 510 g/mol. The molecule has 1 saturated carbocycles. The number of nitrogens with zero attached hydrogens (tertiary/aromatic N) is 2. The highest BCUT2D eigenvalue weighted by molar-refractivity contribution is 7.18. The van der Waals surface area contributed by atoms with E-state index in [1.807, 2.05) is 6.07 Å². The van der Waals surface area contributed by atoms with E-state index in [1.54, 1.807) is 18.3 Å². The molecule has 1 aliphatic carbocycles. The molecule has 1 aromatic carbocycles. The van der Waals surface area contributed by atoms with Gasteiger partial charge < -0.3 is 10.6 Å². The van der Waals surface area contributed by atoms with Crippen LogP contribution in [0.1, 0.15) is 75.8 Å². The van der Waals surface area contributed by atoms with E-state index in [9.17, 15) is 14.4 Å². The first kappa shape index (κ1) is 27.7. The fourth-order valence-corrected chi connectivity index (χ4v) is 5.62. The lowest BCUT2D eigenvalue weighted by atomic mass is 9.83. The summed E-state index contributed by atoms with van der Waals surface area (Å²) in [6, 6.07) is 6.08. The Balaban J connectivity index is 1.81. The molecule has 0 spiro atoms. The Morgan fingerprint density at radius 1 is 1.22 bits per heavy atom. The Hall–Kier alpha value is -2.87. The highest BCUT2D eigenvalue weighted by atomic mass is 32.1. The van der Waals surface area contributed by atoms with Crippen LogP contribution in [0.5, 0.6) is 0 Å².